The van der Waals surface area contributed by atoms with Gasteiger partial charge in [-0.05, 0) is 59.2 Å². The van der Waals surface area contributed by atoms with Crippen molar-refractivity contribution in [2.75, 3.05) is 11.9 Å². The van der Waals surface area contributed by atoms with Crippen LogP contribution < -0.4 is 15.4 Å². The molecular weight excluding hydrogens is 466 g/mol. The van der Waals surface area contributed by atoms with Gasteiger partial charge in [-0.15, -0.1) is 0 Å². The van der Waals surface area contributed by atoms with Crippen molar-refractivity contribution in [2.24, 2.45) is 0 Å². The molecule has 4 aromatic carbocycles. The van der Waals surface area contributed by atoms with Gasteiger partial charge in [0.05, 0.1) is 0 Å². The molecule has 5 rings (SSSR count). The van der Waals surface area contributed by atoms with Crippen LogP contribution in [0, 0.1) is 6.92 Å². The topological polar surface area (TPSA) is 87.7 Å². The first-order valence-corrected chi connectivity index (χ1v) is 11.9. The second-order valence-corrected chi connectivity index (χ2v) is 8.79. The molecule has 1 heterocycles. The Morgan fingerprint density at radius 1 is 0.919 bits per heavy atom. The van der Waals surface area contributed by atoms with Gasteiger partial charge in [0.25, 0.3) is 5.91 Å². The fraction of sp³-hybridized carbons (Fsp3) is 0.100. The highest BCUT2D eigenvalue weighted by Gasteiger charge is 2.34. The minimum absolute atomic E-state index is 0.109. The highest BCUT2D eigenvalue weighted by molar-refractivity contribution is 6.15. The summed E-state index contributed by atoms with van der Waals surface area (Å²) in [6.45, 7) is 1.99. The van der Waals surface area contributed by atoms with Crippen molar-refractivity contribution < 1.29 is 19.1 Å². The van der Waals surface area contributed by atoms with Gasteiger partial charge in [-0.25, -0.2) is 9.69 Å². The Bertz CT molecular complexity index is 1500. The molecule has 1 fully saturated rings. The maximum atomic E-state index is 12.8. The number of benzene rings is 4. The number of hydrogen-bond acceptors (Lipinski definition) is 4. The number of nitrogens with zero attached hydrogens (tertiary/aromatic N) is 1. The molecule has 7 heteroatoms. The number of carbonyl (C=O) groups excluding carboxylic acids is 3. The molecule has 1 aliphatic heterocycles. The third-order valence-corrected chi connectivity index (χ3v) is 6.06. The second-order valence-electron chi connectivity index (χ2n) is 8.79. The third kappa shape index (κ3) is 5.51. The van der Waals surface area contributed by atoms with E-state index < -0.39 is 17.8 Å². The van der Waals surface area contributed by atoms with E-state index in [4.69, 9.17) is 4.74 Å². The lowest BCUT2D eigenvalue weighted by Crippen LogP contribution is -2.38. The van der Waals surface area contributed by atoms with Gasteiger partial charge in [0, 0.05) is 5.69 Å². The largest absolute Gasteiger partial charge is 0.489 e. The smallest absolute Gasteiger partial charge is 0.329 e. The number of urea groups is 1. The van der Waals surface area contributed by atoms with Crippen molar-refractivity contribution in [3.05, 3.63) is 113 Å². The predicted octanol–water partition coefficient (Wildman–Crippen LogP) is 5.26. The molecule has 0 bridgehead atoms. The summed E-state index contributed by atoms with van der Waals surface area (Å²) in [6, 6.07) is 28.1. The van der Waals surface area contributed by atoms with Crippen molar-refractivity contribution >= 4 is 40.4 Å². The fourth-order valence-corrected chi connectivity index (χ4v) is 4.10. The predicted molar refractivity (Wildman–Crippen MR) is 143 cm³/mol. The lowest BCUT2D eigenvalue weighted by molar-refractivity contribution is -0.127. The highest BCUT2D eigenvalue weighted by Crippen LogP contribution is 2.22. The quantitative estimate of drug-likeness (QED) is 0.273. The normalized spacial score (nSPS) is 14.2. The molecule has 0 spiro atoms. The lowest BCUT2D eigenvalue weighted by atomic mass is 10.1. The average molecular weight is 492 g/mol. The van der Waals surface area contributed by atoms with Gasteiger partial charge in [0.1, 0.15) is 24.6 Å². The highest BCUT2D eigenvalue weighted by atomic mass is 16.5. The molecule has 0 radical (unpaired) electrons. The first-order valence-electron chi connectivity index (χ1n) is 11.9. The molecule has 4 amide bonds. The summed E-state index contributed by atoms with van der Waals surface area (Å²) in [5, 5.41) is 7.55. The SMILES string of the molecule is Cc1ccc(NC(=O)CN2C(=O)N/C(=C/c3ccc(OCc4cccc5ccccc45)cc3)C2=O)cc1. The van der Waals surface area contributed by atoms with Crippen LogP contribution in [-0.2, 0) is 16.2 Å². The Balaban J connectivity index is 1.20. The van der Waals surface area contributed by atoms with Crippen LogP contribution in [0.1, 0.15) is 16.7 Å². The number of hydrogen-bond donors (Lipinski definition) is 2. The monoisotopic (exact) mass is 491 g/mol. The Morgan fingerprint density at radius 2 is 1.65 bits per heavy atom. The first kappa shape index (κ1) is 23.8. The number of amides is 4. The molecule has 1 saturated heterocycles. The molecular formula is C30H25N3O4. The molecule has 0 aliphatic carbocycles. The first-order chi connectivity index (χ1) is 18.0. The summed E-state index contributed by atoms with van der Waals surface area (Å²) in [7, 11) is 0. The Hall–Kier alpha value is -4.91. The molecule has 4 aromatic rings. The lowest BCUT2D eigenvalue weighted by Gasteiger charge is -2.12. The minimum atomic E-state index is -0.634. The van der Waals surface area contributed by atoms with Crippen LogP contribution in [0.3, 0.4) is 0 Å². The Labute approximate surface area is 214 Å². The van der Waals surface area contributed by atoms with Gasteiger partial charge in [0.2, 0.25) is 5.91 Å². The number of fused-ring (bicyclic) bond motifs is 1. The molecule has 0 saturated carbocycles. The van der Waals surface area contributed by atoms with Gasteiger partial charge in [-0.3, -0.25) is 9.59 Å². The number of rotatable bonds is 7. The van der Waals surface area contributed by atoms with E-state index in [-0.39, 0.29) is 12.2 Å². The Kier molecular flexibility index (Phi) is 6.68. The number of imide groups is 1. The standard InChI is InChI=1S/C30H25N3O4/c1-20-9-13-24(14-10-20)31-28(34)18-33-29(35)27(32-30(33)36)17-21-11-15-25(16-12-21)37-19-23-7-4-6-22-5-2-3-8-26(22)23/h2-17H,18-19H2,1H3,(H,31,34)(H,32,36)/b27-17+. The van der Waals surface area contributed by atoms with Crippen LogP contribution >= 0.6 is 0 Å². The Morgan fingerprint density at radius 3 is 2.43 bits per heavy atom. The van der Waals surface area contributed by atoms with E-state index in [1.807, 2.05) is 55.5 Å². The van der Waals surface area contributed by atoms with Crippen molar-refractivity contribution in [2.45, 2.75) is 13.5 Å². The van der Waals surface area contributed by atoms with Crippen LogP contribution in [0.5, 0.6) is 5.75 Å². The van der Waals surface area contributed by atoms with Crippen LogP contribution in [0.4, 0.5) is 10.5 Å². The minimum Gasteiger partial charge on any atom is -0.489 e. The van der Waals surface area contributed by atoms with Crippen molar-refractivity contribution in [1.29, 1.82) is 0 Å². The summed E-state index contributed by atoms with van der Waals surface area (Å²) in [4.78, 5) is 38.3. The zero-order valence-corrected chi connectivity index (χ0v) is 20.2. The van der Waals surface area contributed by atoms with E-state index >= 15 is 0 Å². The zero-order chi connectivity index (χ0) is 25.8. The van der Waals surface area contributed by atoms with Crippen LogP contribution in [0.15, 0.2) is 96.7 Å². The second kappa shape index (κ2) is 10.4. The van der Waals surface area contributed by atoms with Crippen molar-refractivity contribution in [3.63, 3.8) is 0 Å². The molecule has 0 aromatic heterocycles. The van der Waals surface area contributed by atoms with Crippen LogP contribution in [-0.4, -0.2) is 29.3 Å². The maximum Gasteiger partial charge on any atom is 0.329 e. The molecule has 7 nitrogen and oxygen atoms in total. The number of carbonyl (C=O) groups is 3. The molecule has 2 N–H and O–H groups in total. The van der Waals surface area contributed by atoms with Gasteiger partial charge in [-0.2, -0.15) is 0 Å². The molecule has 0 atom stereocenters. The number of nitrogens with one attached hydrogen (secondary N) is 2. The van der Waals surface area contributed by atoms with Gasteiger partial charge in [0.15, 0.2) is 0 Å². The van der Waals surface area contributed by atoms with E-state index in [9.17, 15) is 14.4 Å². The number of anilines is 1. The molecule has 1 aliphatic rings. The number of ether oxygens (including phenoxy) is 1. The summed E-state index contributed by atoms with van der Waals surface area (Å²) in [6.07, 6.45) is 1.58. The van der Waals surface area contributed by atoms with Crippen LogP contribution in [0.2, 0.25) is 0 Å². The summed E-state index contributed by atoms with van der Waals surface area (Å²) in [5.41, 5.74) is 3.58. The molecule has 184 valence electrons. The third-order valence-electron chi connectivity index (χ3n) is 6.06. The molecule has 0 unspecified atom stereocenters. The van der Waals surface area contributed by atoms with E-state index in [0.29, 0.717) is 23.6 Å². The van der Waals surface area contributed by atoms with Crippen LogP contribution in [0.25, 0.3) is 16.8 Å². The maximum absolute atomic E-state index is 12.8. The van der Waals surface area contributed by atoms with E-state index in [2.05, 4.69) is 28.8 Å². The average Bonchev–Trinajstić information content (AvgIpc) is 3.16. The summed E-state index contributed by atoms with van der Waals surface area (Å²) >= 11 is 0. The van der Waals surface area contributed by atoms with Crippen molar-refractivity contribution in [3.8, 4) is 5.75 Å². The van der Waals surface area contributed by atoms with E-state index in [1.165, 1.54) is 0 Å². The van der Waals surface area contributed by atoms with Crippen molar-refractivity contribution in [1.82, 2.24) is 10.2 Å². The fourth-order valence-electron chi connectivity index (χ4n) is 4.10. The number of aryl methyl sites for hydroxylation is 1. The zero-order valence-electron chi connectivity index (χ0n) is 20.2. The van der Waals surface area contributed by atoms with Gasteiger partial charge < -0.3 is 15.4 Å². The summed E-state index contributed by atoms with van der Waals surface area (Å²) in [5.74, 6) is -0.326. The van der Waals surface area contributed by atoms with E-state index in [0.717, 1.165) is 26.8 Å². The molecule has 37 heavy (non-hydrogen) atoms. The van der Waals surface area contributed by atoms with Gasteiger partial charge >= 0.3 is 6.03 Å². The van der Waals surface area contributed by atoms with Gasteiger partial charge in [-0.1, -0.05) is 72.3 Å². The van der Waals surface area contributed by atoms with E-state index in [1.54, 1.807) is 30.3 Å². The summed E-state index contributed by atoms with van der Waals surface area (Å²) < 4.78 is 5.97.